The molecule has 37 heavy (non-hydrogen) atoms. The number of carboxylic acid groups (broad SMARTS) is 2. The Balaban J connectivity index is 3.47. The minimum atomic E-state index is -0.934. The molecule has 10 heteroatoms. The van der Waals surface area contributed by atoms with Crippen LogP contribution in [0.3, 0.4) is 0 Å². The largest absolute Gasteiger partial charge is 0.481 e. The highest BCUT2D eigenvalue weighted by Gasteiger charge is 2.17. The molecule has 0 radical (unpaired) electrons. The molecule has 0 aromatic carbocycles. The van der Waals surface area contributed by atoms with Gasteiger partial charge in [-0.3, -0.25) is 19.6 Å². The van der Waals surface area contributed by atoms with Crippen molar-refractivity contribution in [2.75, 3.05) is 32.9 Å². The molecule has 0 unspecified atom stereocenters. The Labute approximate surface area is 222 Å². The van der Waals surface area contributed by atoms with Gasteiger partial charge in [-0.25, -0.2) is 4.89 Å². The molecule has 5 N–H and O–H groups in total. The van der Waals surface area contributed by atoms with E-state index in [9.17, 15) is 19.5 Å². The van der Waals surface area contributed by atoms with E-state index in [0.29, 0.717) is 26.1 Å². The standard InChI is InChI=1S/C27H52N2O8/c30-25(29-20-21-36-22-23-37-35)18-17-24(27(33)34)28-19-15-13-11-9-7-5-3-1-2-4-6-8-10-12-14-16-26(31)32/h24,28,35H,1-23H2,(H,29,30)(H,31,32)(H,33,34)/t24-/m0/s1. The van der Waals surface area contributed by atoms with Crippen molar-refractivity contribution >= 4 is 17.8 Å². The van der Waals surface area contributed by atoms with Crippen molar-refractivity contribution in [3.8, 4) is 0 Å². The second-order valence-electron chi connectivity index (χ2n) is 9.63. The first-order valence-electron chi connectivity index (χ1n) is 14.3. The minimum absolute atomic E-state index is 0.0719. The number of hydrogen-bond acceptors (Lipinski definition) is 7. The Morgan fingerprint density at radius 2 is 1.14 bits per heavy atom. The minimum Gasteiger partial charge on any atom is -0.481 e. The number of ether oxygens (including phenoxy) is 1. The molecule has 0 rings (SSSR count). The molecule has 0 aromatic rings. The second-order valence-corrected chi connectivity index (χ2v) is 9.63. The van der Waals surface area contributed by atoms with Crippen molar-refractivity contribution in [3.63, 3.8) is 0 Å². The van der Waals surface area contributed by atoms with Gasteiger partial charge in [-0.1, -0.05) is 83.5 Å². The Bertz CT molecular complexity index is 563. The smallest absolute Gasteiger partial charge is 0.320 e. The van der Waals surface area contributed by atoms with E-state index >= 15 is 0 Å². The molecule has 10 nitrogen and oxygen atoms in total. The molecule has 1 amide bonds. The van der Waals surface area contributed by atoms with Gasteiger partial charge >= 0.3 is 11.9 Å². The average molecular weight is 533 g/mol. The number of rotatable bonds is 29. The summed E-state index contributed by atoms with van der Waals surface area (Å²) in [6, 6.07) is -0.722. The van der Waals surface area contributed by atoms with Crippen LogP contribution in [0, 0.1) is 0 Å². The fraction of sp³-hybridized carbons (Fsp3) is 0.889. The zero-order valence-corrected chi connectivity index (χ0v) is 22.7. The maximum absolute atomic E-state index is 11.8. The Kier molecular flexibility index (Phi) is 26.0. The SMILES string of the molecule is O=C(O)CCCCCCCCCCCCCCCCCN[C@@H](CCC(=O)NCCOCCOO)C(=O)O. The van der Waals surface area contributed by atoms with E-state index in [0.717, 1.165) is 38.5 Å². The van der Waals surface area contributed by atoms with Gasteiger partial charge in [-0.05, 0) is 25.8 Å². The first kappa shape index (κ1) is 35.2. The van der Waals surface area contributed by atoms with Gasteiger partial charge in [-0.2, -0.15) is 0 Å². The summed E-state index contributed by atoms with van der Waals surface area (Å²) >= 11 is 0. The first-order valence-corrected chi connectivity index (χ1v) is 14.3. The third kappa shape index (κ3) is 27.1. The lowest BCUT2D eigenvalue weighted by atomic mass is 10.0. The average Bonchev–Trinajstić information content (AvgIpc) is 2.86. The lowest BCUT2D eigenvalue weighted by Crippen LogP contribution is -2.38. The molecular weight excluding hydrogens is 480 g/mol. The fourth-order valence-corrected chi connectivity index (χ4v) is 4.11. The summed E-state index contributed by atoms with van der Waals surface area (Å²) in [5.41, 5.74) is 0. The van der Waals surface area contributed by atoms with Crippen LogP contribution in [0.25, 0.3) is 0 Å². The molecule has 0 aromatic heterocycles. The summed E-state index contributed by atoms with van der Waals surface area (Å²) in [4.78, 5) is 37.6. The molecule has 0 fully saturated rings. The Morgan fingerprint density at radius 1 is 0.622 bits per heavy atom. The maximum atomic E-state index is 11.8. The van der Waals surface area contributed by atoms with Gasteiger partial charge in [0, 0.05) is 19.4 Å². The molecule has 0 heterocycles. The molecule has 0 bridgehead atoms. The van der Waals surface area contributed by atoms with E-state index in [2.05, 4.69) is 15.5 Å². The van der Waals surface area contributed by atoms with E-state index in [-0.39, 0.29) is 32.0 Å². The van der Waals surface area contributed by atoms with E-state index in [1.54, 1.807) is 0 Å². The highest BCUT2D eigenvalue weighted by molar-refractivity contribution is 5.78. The van der Waals surface area contributed by atoms with Gasteiger partial charge in [0.1, 0.15) is 12.6 Å². The number of unbranched alkanes of at least 4 members (excludes halogenated alkanes) is 14. The van der Waals surface area contributed by atoms with E-state index in [1.165, 1.54) is 57.8 Å². The third-order valence-corrected chi connectivity index (χ3v) is 6.30. The van der Waals surface area contributed by atoms with Gasteiger partial charge in [-0.15, -0.1) is 0 Å². The zero-order chi connectivity index (χ0) is 27.4. The molecule has 218 valence electrons. The summed E-state index contributed by atoms with van der Waals surface area (Å²) in [7, 11) is 0. The zero-order valence-electron chi connectivity index (χ0n) is 22.7. The van der Waals surface area contributed by atoms with Gasteiger partial charge < -0.3 is 25.6 Å². The van der Waals surface area contributed by atoms with Gasteiger partial charge in [0.2, 0.25) is 5.91 Å². The van der Waals surface area contributed by atoms with Crippen LogP contribution in [0.5, 0.6) is 0 Å². The lowest BCUT2D eigenvalue weighted by Gasteiger charge is -2.14. The third-order valence-electron chi connectivity index (χ3n) is 6.30. The van der Waals surface area contributed by atoms with Crippen molar-refractivity contribution in [1.29, 1.82) is 0 Å². The molecule has 1 atom stereocenters. The summed E-state index contributed by atoms with van der Waals surface area (Å²) in [5.74, 6) is -1.83. The van der Waals surface area contributed by atoms with Gasteiger partial charge in [0.25, 0.3) is 0 Å². The summed E-state index contributed by atoms with van der Waals surface area (Å²) < 4.78 is 5.12. The molecule has 0 aliphatic heterocycles. The highest BCUT2D eigenvalue weighted by Crippen LogP contribution is 2.13. The van der Waals surface area contributed by atoms with Crippen LogP contribution in [-0.2, 0) is 24.0 Å². The van der Waals surface area contributed by atoms with Gasteiger partial charge in [0.15, 0.2) is 0 Å². The Morgan fingerprint density at radius 3 is 1.62 bits per heavy atom. The predicted octanol–water partition coefficient (Wildman–Crippen LogP) is 4.76. The second kappa shape index (κ2) is 27.3. The lowest BCUT2D eigenvalue weighted by molar-refractivity contribution is -0.249. The number of amides is 1. The van der Waals surface area contributed by atoms with Crippen molar-refractivity contribution < 1.29 is 39.5 Å². The van der Waals surface area contributed by atoms with Crippen LogP contribution in [0.2, 0.25) is 0 Å². The number of carbonyl (C=O) groups is 3. The summed E-state index contributed by atoms with van der Waals surface area (Å²) in [5, 5.41) is 31.9. The molecule has 0 saturated heterocycles. The Hall–Kier alpha value is -1.75. The van der Waals surface area contributed by atoms with E-state index < -0.39 is 18.0 Å². The van der Waals surface area contributed by atoms with Crippen LogP contribution in [-0.4, -0.2) is 72.3 Å². The predicted molar refractivity (Wildman–Crippen MR) is 143 cm³/mol. The van der Waals surface area contributed by atoms with E-state index in [4.69, 9.17) is 15.1 Å². The quantitative estimate of drug-likeness (QED) is 0.0521. The fourth-order valence-electron chi connectivity index (χ4n) is 4.11. The van der Waals surface area contributed by atoms with Crippen molar-refractivity contribution in [3.05, 3.63) is 0 Å². The summed E-state index contributed by atoms with van der Waals surface area (Å²) in [6.45, 7) is 1.57. The number of nitrogens with one attached hydrogen (secondary N) is 2. The normalized spacial score (nSPS) is 11.9. The molecule has 0 saturated carbocycles. The van der Waals surface area contributed by atoms with Gasteiger partial charge in [0.05, 0.1) is 13.2 Å². The van der Waals surface area contributed by atoms with Crippen LogP contribution in [0.1, 0.15) is 116 Å². The van der Waals surface area contributed by atoms with E-state index in [1.807, 2.05) is 0 Å². The van der Waals surface area contributed by atoms with Crippen molar-refractivity contribution in [2.24, 2.45) is 0 Å². The highest BCUT2D eigenvalue weighted by atomic mass is 17.1. The molecule has 0 aliphatic rings. The van der Waals surface area contributed by atoms with Crippen LogP contribution in [0.4, 0.5) is 0 Å². The number of hydrogen-bond donors (Lipinski definition) is 5. The number of carboxylic acids is 2. The van der Waals surface area contributed by atoms with Crippen LogP contribution in [0.15, 0.2) is 0 Å². The van der Waals surface area contributed by atoms with Crippen molar-refractivity contribution in [2.45, 2.75) is 122 Å². The van der Waals surface area contributed by atoms with Crippen LogP contribution < -0.4 is 10.6 Å². The number of carbonyl (C=O) groups excluding carboxylic acids is 1. The molecular formula is C27H52N2O8. The van der Waals surface area contributed by atoms with Crippen LogP contribution >= 0.6 is 0 Å². The molecule has 0 aliphatic carbocycles. The number of aliphatic carboxylic acids is 2. The topological polar surface area (TPSA) is 154 Å². The molecule has 0 spiro atoms. The summed E-state index contributed by atoms with van der Waals surface area (Å²) in [6.07, 6.45) is 18.2. The van der Waals surface area contributed by atoms with Crippen molar-refractivity contribution in [1.82, 2.24) is 10.6 Å². The first-order chi connectivity index (χ1) is 18.0. The monoisotopic (exact) mass is 532 g/mol. The maximum Gasteiger partial charge on any atom is 0.320 e.